The van der Waals surface area contributed by atoms with E-state index in [2.05, 4.69) is 38.9 Å². The Bertz CT molecular complexity index is 2310. The summed E-state index contributed by atoms with van der Waals surface area (Å²) in [5.41, 5.74) is -1.49. The van der Waals surface area contributed by atoms with Crippen molar-refractivity contribution in [2.24, 2.45) is 22.7 Å². The van der Waals surface area contributed by atoms with Gasteiger partial charge in [0.1, 0.15) is 5.41 Å². The topological polar surface area (TPSA) is 154 Å². The van der Waals surface area contributed by atoms with Gasteiger partial charge in [-0.3, -0.25) is 19.4 Å². The lowest BCUT2D eigenvalue weighted by Crippen LogP contribution is -2.79. The van der Waals surface area contributed by atoms with Gasteiger partial charge in [0.2, 0.25) is 5.60 Å². The van der Waals surface area contributed by atoms with Crippen LogP contribution in [0.2, 0.25) is 0 Å². The number of aromatic nitrogens is 1. The van der Waals surface area contributed by atoms with Gasteiger partial charge in [0.25, 0.3) is 0 Å². The van der Waals surface area contributed by atoms with E-state index in [9.17, 15) is 19.8 Å². The standard InChI is InChI=1S/C48H60N4O9/c1-9-29-13-14-35-32(21-29)31-15-19-51-26-30(24-44(56,10-2)27-51)25-47(38(31)49-35,42(54)59-7)34-22-33-36(23-37(34)58-6)50(5)40-46(33)17-20-52-18-12-16-45(11-3,39(46)52)41(61-28(4)53)48(40,57)43(55)60-8/h1,12-14,16,21-23,30,34,37,39-41,49,56-57H,10-11,15,17-20,24-27H2,2-8H3/t30-,34?,37?,39+,40-,41-,44+,45-,46-,47+,48+/m1/s1. The maximum Gasteiger partial charge on any atom is 0.344 e. The number of allylic oxidation sites excluding steroid dienone is 1. The number of esters is 3. The number of H-pyrrole nitrogens is 1. The van der Waals surface area contributed by atoms with Crippen molar-refractivity contribution < 1.29 is 43.5 Å². The van der Waals surface area contributed by atoms with Crippen molar-refractivity contribution in [1.82, 2.24) is 19.7 Å². The molecule has 3 N–H and O–H groups in total. The van der Waals surface area contributed by atoms with Crippen molar-refractivity contribution in [1.29, 1.82) is 0 Å². The average molecular weight is 837 g/mol. The molecule has 2 aliphatic carbocycles. The third-order valence-electron chi connectivity index (χ3n) is 16.3. The third kappa shape index (κ3) is 5.54. The minimum Gasteiger partial charge on any atom is -0.468 e. The summed E-state index contributed by atoms with van der Waals surface area (Å²) < 4.78 is 24.1. The number of piperidine rings is 1. The first-order valence-corrected chi connectivity index (χ1v) is 21.9. The molecule has 0 radical (unpaired) electrons. The van der Waals surface area contributed by atoms with E-state index in [1.807, 2.05) is 50.1 Å². The number of benzene rings is 1. The van der Waals surface area contributed by atoms with Gasteiger partial charge in [0.15, 0.2) is 6.10 Å². The fraction of sp³-hybridized carbons (Fsp3) is 0.604. The first-order valence-electron chi connectivity index (χ1n) is 21.9. The molecule has 3 unspecified atom stereocenters. The van der Waals surface area contributed by atoms with Crippen LogP contribution in [0.1, 0.15) is 69.7 Å². The molecule has 1 saturated carbocycles. The molecule has 2 aromatic rings. The van der Waals surface area contributed by atoms with Crippen molar-refractivity contribution in [3.63, 3.8) is 0 Å². The van der Waals surface area contributed by atoms with E-state index < -0.39 is 69.5 Å². The number of hydrogen-bond acceptors (Lipinski definition) is 12. The van der Waals surface area contributed by atoms with E-state index in [0.717, 1.165) is 39.0 Å². The number of carbonyl (C=O) groups is 3. The number of methoxy groups -OCH3 is 3. The lowest BCUT2D eigenvalue weighted by atomic mass is 9.47. The molecule has 4 fully saturated rings. The number of nitrogens with one attached hydrogen (secondary N) is 1. The maximum absolute atomic E-state index is 15.4. The Hall–Kier alpha value is -4.45. The number of rotatable bonds is 7. The molecule has 6 heterocycles. The summed E-state index contributed by atoms with van der Waals surface area (Å²) in [6.07, 6.45) is 15.4. The van der Waals surface area contributed by atoms with Crippen LogP contribution in [0.5, 0.6) is 0 Å². The van der Waals surface area contributed by atoms with Gasteiger partial charge in [-0.15, -0.1) is 6.42 Å². The van der Waals surface area contributed by atoms with Crippen molar-refractivity contribution in [2.75, 3.05) is 61.1 Å². The van der Waals surface area contributed by atoms with E-state index in [4.69, 9.17) is 25.4 Å². The Morgan fingerprint density at radius 3 is 2.46 bits per heavy atom. The van der Waals surface area contributed by atoms with Gasteiger partial charge < -0.3 is 39.0 Å². The first kappa shape index (κ1) is 41.9. The van der Waals surface area contributed by atoms with Gasteiger partial charge in [-0.25, -0.2) is 4.79 Å². The van der Waals surface area contributed by atoms with E-state index in [1.165, 1.54) is 21.1 Å². The number of aliphatic hydroxyl groups is 2. The average Bonchev–Trinajstić information content (AvgIpc) is 3.92. The van der Waals surface area contributed by atoms with Crippen LogP contribution in [0.25, 0.3) is 10.9 Å². The van der Waals surface area contributed by atoms with Crippen molar-refractivity contribution >= 4 is 28.8 Å². The molecule has 0 amide bonds. The van der Waals surface area contributed by atoms with Crippen LogP contribution in [0, 0.1) is 35.0 Å². The predicted octanol–water partition coefficient (Wildman–Crippen LogP) is 3.61. The number of terminal acetylenes is 1. The molecule has 2 bridgehead atoms. The van der Waals surface area contributed by atoms with Crippen LogP contribution in [0.4, 0.5) is 0 Å². The first-order chi connectivity index (χ1) is 29.2. The van der Waals surface area contributed by atoms with Gasteiger partial charge in [0, 0.05) is 97.9 Å². The molecule has 12 atom stereocenters. The smallest absolute Gasteiger partial charge is 0.344 e. The lowest BCUT2D eigenvalue weighted by molar-refractivity contribution is -0.243. The quantitative estimate of drug-likeness (QED) is 0.162. The number of fused-ring (bicyclic) bond motifs is 6. The molecule has 13 heteroatoms. The Balaban J connectivity index is 1.34. The monoisotopic (exact) mass is 836 g/mol. The zero-order valence-electron chi connectivity index (χ0n) is 36.5. The molecular weight excluding hydrogens is 777 g/mol. The van der Waals surface area contributed by atoms with Gasteiger partial charge >= 0.3 is 17.9 Å². The van der Waals surface area contributed by atoms with E-state index in [1.54, 1.807) is 7.11 Å². The van der Waals surface area contributed by atoms with Crippen LogP contribution in [-0.4, -0.2) is 144 Å². The lowest BCUT2D eigenvalue weighted by Gasteiger charge is -2.63. The summed E-state index contributed by atoms with van der Waals surface area (Å²) in [6, 6.07) is 4.67. The van der Waals surface area contributed by atoms with Crippen molar-refractivity contribution in [3.05, 3.63) is 70.6 Å². The van der Waals surface area contributed by atoms with Crippen LogP contribution < -0.4 is 0 Å². The number of carbonyl (C=O) groups excluding carboxylic acids is 3. The molecular formula is C48H60N4O9. The Morgan fingerprint density at radius 1 is 1.02 bits per heavy atom. The minimum absolute atomic E-state index is 0.100. The minimum atomic E-state index is -2.30. The highest BCUT2D eigenvalue weighted by molar-refractivity contribution is 5.92. The summed E-state index contributed by atoms with van der Waals surface area (Å²) in [5.74, 6) is 0.142. The highest BCUT2D eigenvalue weighted by Gasteiger charge is 2.81. The predicted molar refractivity (Wildman–Crippen MR) is 227 cm³/mol. The highest BCUT2D eigenvalue weighted by atomic mass is 16.6. The molecule has 5 aliphatic heterocycles. The third-order valence-corrected chi connectivity index (χ3v) is 16.3. The highest BCUT2D eigenvalue weighted by Crippen LogP contribution is 2.70. The summed E-state index contributed by atoms with van der Waals surface area (Å²) in [7, 11) is 6.21. The van der Waals surface area contributed by atoms with E-state index >= 15 is 4.79 Å². The van der Waals surface area contributed by atoms with Crippen molar-refractivity contribution in [2.45, 2.75) is 100 Å². The van der Waals surface area contributed by atoms with Gasteiger partial charge in [-0.2, -0.15) is 0 Å². The number of hydrogen-bond donors (Lipinski definition) is 3. The largest absolute Gasteiger partial charge is 0.468 e. The van der Waals surface area contributed by atoms with Gasteiger partial charge in [-0.05, 0) is 86.4 Å². The number of nitrogens with zero attached hydrogens (tertiary/aromatic N) is 3. The molecule has 61 heavy (non-hydrogen) atoms. The van der Waals surface area contributed by atoms with Crippen molar-refractivity contribution in [3.8, 4) is 12.3 Å². The Kier molecular flexibility index (Phi) is 10.00. The van der Waals surface area contributed by atoms with Crippen LogP contribution in [0.15, 0.2) is 53.8 Å². The van der Waals surface area contributed by atoms with Gasteiger partial charge in [0.05, 0.1) is 32.0 Å². The molecule has 1 spiro atoms. The molecule has 1 aromatic carbocycles. The van der Waals surface area contributed by atoms with Crippen LogP contribution in [-0.2, 0) is 45.2 Å². The molecule has 1 aromatic heterocycles. The molecule has 13 nitrogen and oxygen atoms in total. The summed E-state index contributed by atoms with van der Waals surface area (Å²) in [4.78, 5) is 53.4. The number of likely N-dealkylation sites (N-methyl/N-ethyl adjacent to an activating group) is 1. The number of likely N-dealkylation sites (tertiary alicyclic amines) is 1. The second-order valence-electron chi connectivity index (χ2n) is 18.9. The molecule has 3 saturated heterocycles. The molecule has 9 rings (SSSR count). The SMILES string of the molecule is C#Cc1ccc2[nH]c3c(c2c1)CCN1C[C@H](C[C@@](O)(CC)C1)C[C@]3(C(=O)OC)C1C=C2C(=CC1OC)N(C)[C@H]1[C@@](O)(C(=O)OC)[C@H](OC(C)=O)[C@]3(CC)C=CCN4CC[C@]21[C@@H]43. The fourth-order valence-corrected chi connectivity index (χ4v) is 14.1. The Labute approximate surface area is 358 Å². The maximum atomic E-state index is 15.4. The fourth-order valence-electron chi connectivity index (χ4n) is 14.1. The van der Waals surface area contributed by atoms with E-state index in [-0.39, 0.29) is 12.0 Å². The van der Waals surface area contributed by atoms with Gasteiger partial charge in [-0.1, -0.05) is 38.0 Å². The summed E-state index contributed by atoms with van der Waals surface area (Å²) >= 11 is 0. The zero-order chi connectivity index (χ0) is 43.4. The second-order valence-corrected chi connectivity index (χ2v) is 18.9. The summed E-state index contributed by atoms with van der Waals surface area (Å²) in [6.45, 7) is 8.56. The normalized spacial score (nSPS) is 39.9. The van der Waals surface area contributed by atoms with Crippen LogP contribution in [0.3, 0.4) is 0 Å². The Morgan fingerprint density at radius 2 is 1.79 bits per heavy atom. The zero-order valence-corrected chi connectivity index (χ0v) is 36.5. The molecule has 7 aliphatic rings. The second kappa shape index (κ2) is 14.6. The number of ether oxygens (including phenoxy) is 4. The number of aromatic amines is 1. The van der Waals surface area contributed by atoms with E-state index in [0.29, 0.717) is 71.2 Å². The van der Waals surface area contributed by atoms with Crippen LogP contribution >= 0.6 is 0 Å². The molecule has 326 valence electrons. The summed E-state index contributed by atoms with van der Waals surface area (Å²) in [5, 5.41) is 26.3.